The van der Waals surface area contributed by atoms with Crippen LogP contribution < -0.4 is 9.47 Å². The van der Waals surface area contributed by atoms with Gasteiger partial charge in [-0.25, -0.2) is 4.79 Å². The van der Waals surface area contributed by atoms with Gasteiger partial charge in [0.05, 0.1) is 5.57 Å². The summed E-state index contributed by atoms with van der Waals surface area (Å²) in [6.45, 7) is 4.35. The summed E-state index contributed by atoms with van der Waals surface area (Å²) in [5.41, 5.74) is 2.46. The highest BCUT2D eigenvalue weighted by Crippen LogP contribution is 2.40. The largest absolute Gasteiger partial charge is 0.454 e. The maximum Gasteiger partial charge on any atom is 0.344 e. The normalized spacial score (nSPS) is 18.6. The average molecular weight is 286 g/mol. The fourth-order valence-electron chi connectivity index (χ4n) is 2.65. The fraction of sp³-hybridized carbons (Fsp3) is 0.353. The molecule has 0 saturated carbocycles. The van der Waals surface area contributed by atoms with E-state index in [1.807, 2.05) is 31.2 Å². The molecule has 0 radical (unpaired) electrons. The second-order valence-corrected chi connectivity index (χ2v) is 5.04. The van der Waals surface area contributed by atoms with E-state index in [1.54, 1.807) is 0 Å². The quantitative estimate of drug-likeness (QED) is 0.789. The number of benzene rings is 1. The molecule has 0 atom stereocenters. The van der Waals surface area contributed by atoms with Crippen molar-refractivity contribution in [3.8, 4) is 11.5 Å². The molecule has 4 nitrogen and oxygen atoms in total. The molecule has 0 saturated heterocycles. The molecule has 1 aromatic rings. The minimum atomic E-state index is -0.281. The number of ether oxygens (including phenoxy) is 3. The molecule has 0 fully saturated rings. The predicted octanol–water partition coefficient (Wildman–Crippen LogP) is 3.82. The van der Waals surface area contributed by atoms with E-state index in [4.69, 9.17) is 14.2 Å². The Morgan fingerprint density at radius 1 is 1.19 bits per heavy atom. The van der Waals surface area contributed by atoms with Crippen LogP contribution in [0.2, 0.25) is 0 Å². The number of carbonyl (C=O) groups is 1. The minimum absolute atomic E-state index is 0.227. The van der Waals surface area contributed by atoms with E-state index < -0.39 is 0 Å². The molecule has 2 aliphatic rings. The highest BCUT2D eigenvalue weighted by molar-refractivity contribution is 6.21. The van der Waals surface area contributed by atoms with Gasteiger partial charge in [-0.1, -0.05) is 26.3 Å². The lowest BCUT2D eigenvalue weighted by Gasteiger charge is -2.05. The number of carbonyl (C=O) groups excluding carboxylic acids is 1. The second kappa shape index (κ2) is 5.64. The second-order valence-electron chi connectivity index (χ2n) is 5.04. The van der Waals surface area contributed by atoms with E-state index >= 15 is 0 Å². The number of hydrogen-bond donors (Lipinski definition) is 0. The van der Waals surface area contributed by atoms with Gasteiger partial charge in [0, 0.05) is 5.57 Å². The summed E-state index contributed by atoms with van der Waals surface area (Å²) in [6.07, 6.45) is 4.58. The summed E-state index contributed by atoms with van der Waals surface area (Å²) in [7, 11) is 0. The average Bonchev–Trinajstić information content (AvgIpc) is 3.04. The van der Waals surface area contributed by atoms with Crippen LogP contribution in [0.3, 0.4) is 0 Å². The third kappa shape index (κ3) is 2.42. The molecular weight excluding hydrogens is 268 g/mol. The zero-order chi connectivity index (χ0) is 14.8. The van der Waals surface area contributed by atoms with Crippen LogP contribution in [0.4, 0.5) is 0 Å². The van der Waals surface area contributed by atoms with Crippen molar-refractivity contribution >= 4 is 11.5 Å². The number of cyclic esters (lactones) is 1. The number of hydrogen-bond acceptors (Lipinski definition) is 4. The lowest BCUT2D eigenvalue weighted by atomic mass is 9.97. The maximum atomic E-state index is 12.3. The van der Waals surface area contributed by atoms with Gasteiger partial charge in [-0.15, -0.1) is 0 Å². The van der Waals surface area contributed by atoms with E-state index in [2.05, 4.69) is 6.92 Å². The molecule has 2 heterocycles. The Labute approximate surface area is 124 Å². The lowest BCUT2D eigenvalue weighted by Crippen LogP contribution is -1.98. The summed E-state index contributed by atoms with van der Waals surface area (Å²) in [5, 5.41) is 0. The van der Waals surface area contributed by atoms with Crippen LogP contribution in [-0.4, -0.2) is 12.8 Å². The summed E-state index contributed by atoms with van der Waals surface area (Å²) in [5.74, 6) is 1.82. The molecule has 4 heteroatoms. The Hall–Kier alpha value is -2.23. The van der Waals surface area contributed by atoms with Crippen LogP contribution in [0, 0.1) is 0 Å². The Bertz CT molecular complexity index is 640. The molecule has 0 aromatic heterocycles. The number of allylic oxidation sites excluding steroid dienone is 2. The Morgan fingerprint density at radius 2 is 2.00 bits per heavy atom. The third-order valence-electron chi connectivity index (χ3n) is 3.56. The summed E-state index contributed by atoms with van der Waals surface area (Å²) >= 11 is 0. The number of esters is 1. The van der Waals surface area contributed by atoms with Crippen molar-refractivity contribution in [2.75, 3.05) is 6.79 Å². The zero-order valence-corrected chi connectivity index (χ0v) is 12.3. The van der Waals surface area contributed by atoms with E-state index in [0.717, 1.165) is 30.4 Å². The molecule has 0 aliphatic carbocycles. The van der Waals surface area contributed by atoms with Crippen molar-refractivity contribution in [3.63, 3.8) is 0 Å². The highest BCUT2D eigenvalue weighted by Gasteiger charge is 2.31. The zero-order valence-electron chi connectivity index (χ0n) is 12.3. The molecule has 21 heavy (non-hydrogen) atoms. The monoisotopic (exact) mass is 286 g/mol. The van der Waals surface area contributed by atoms with Crippen molar-refractivity contribution in [3.05, 3.63) is 41.2 Å². The van der Waals surface area contributed by atoms with Crippen LogP contribution in [0.5, 0.6) is 11.5 Å². The summed E-state index contributed by atoms with van der Waals surface area (Å²) < 4.78 is 16.1. The summed E-state index contributed by atoms with van der Waals surface area (Å²) in [4.78, 5) is 12.3. The first-order valence-corrected chi connectivity index (χ1v) is 7.30. The van der Waals surface area contributed by atoms with Crippen molar-refractivity contribution in [2.45, 2.75) is 33.1 Å². The molecule has 3 rings (SSSR count). The van der Waals surface area contributed by atoms with Crippen molar-refractivity contribution in [2.24, 2.45) is 0 Å². The Kier molecular flexibility index (Phi) is 3.69. The smallest absolute Gasteiger partial charge is 0.344 e. The van der Waals surface area contributed by atoms with Crippen LogP contribution in [-0.2, 0) is 9.53 Å². The van der Waals surface area contributed by atoms with Gasteiger partial charge >= 0.3 is 5.97 Å². The highest BCUT2D eigenvalue weighted by atomic mass is 16.7. The fourth-order valence-corrected chi connectivity index (χ4v) is 2.65. The molecule has 2 aliphatic heterocycles. The van der Waals surface area contributed by atoms with Gasteiger partial charge in [0.25, 0.3) is 0 Å². The number of rotatable bonds is 4. The van der Waals surface area contributed by atoms with Gasteiger partial charge in [-0.3, -0.25) is 0 Å². The molecular formula is C17H18O4. The predicted molar refractivity (Wildman–Crippen MR) is 78.9 cm³/mol. The Morgan fingerprint density at radius 3 is 2.76 bits per heavy atom. The standard InChI is InChI=1S/C17H18O4/c1-3-5-12-13(6-4-2)21-17(18)16(12)11-7-8-14-15(9-11)20-10-19-14/h6-9H,3-5,10H2,1-2H3/b13-6-. The van der Waals surface area contributed by atoms with E-state index in [1.165, 1.54) is 0 Å². The Balaban J connectivity index is 2.08. The van der Waals surface area contributed by atoms with Gasteiger partial charge in [0.1, 0.15) is 5.76 Å². The van der Waals surface area contributed by atoms with Gasteiger partial charge in [0.15, 0.2) is 11.5 Å². The molecule has 0 bridgehead atoms. The van der Waals surface area contributed by atoms with E-state index in [-0.39, 0.29) is 12.8 Å². The van der Waals surface area contributed by atoms with Crippen LogP contribution >= 0.6 is 0 Å². The SMILES string of the molecule is CC/C=C1\OC(=O)C(c2ccc3c(c2)OCO3)=C1CCC. The van der Waals surface area contributed by atoms with Gasteiger partial charge in [-0.05, 0) is 36.6 Å². The van der Waals surface area contributed by atoms with Crippen molar-refractivity contribution in [1.82, 2.24) is 0 Å². The first kappa shape index (κ1) is 13.7. The number of fused-ring (bicyclic) bond motifs is 1. The lowest BCUT2D eigenvalue weighted by molar-refractivity contribution is -0.131. The van der Waals surface area contributed by atoms with Crippen LogP contribution in [0.25, 0.3) is 5.57 Å². The van der Waals surface area contributed by atoms with Gasteiger partial charge in [0.2, 0.25) is 6.79 Å². The van der Waals surface area contributed by atoms with E-state index in [0.29, 0.717) is 22.8 Å². The molecule has 1 aromatic carbocycles. The molecule has 0 amide bonds. The summed E-state index contributed by atoms with van der Waals surface area (Å²) in [6, 6.07) is 5.57. The molecule has 0 unspecified atom stereocenters. The first-order chi connectivity index (χ1) is 10.2. The van der Waals surface area contributed by atoms with Crippen molar-refractivity contribution < 1.29 is 19.0 Å². The molecule has 110 valence electrons. The van der Waals surface area contributed by atoms with Crippen molar-refractivity contribution in [1.29, 1.82) is 0 Å². The van der Waals surface area contributed by atoms with Crippen LogP contribution in [0.15, 0.2) is 35.6 Å². The van der Waals surface area contributed by atoms with E-state index in [9.17, 15) is 4.79 Å². The molecule has 0 spiro atoms. The van der Waals surface area contributed by atoms with Gasteiger partial charge in [-0.2, -0.15) is 0 Å². The van der Waals surface area contributed by atoms with Gasteiger partial charge < -0.3 is 14.2 Å². The molecule has 0 N–H and O–H groups in total. The van der Waals surface area contributed by atoms with Crippen LogP contribution in [0.1, 0.15) is 38.7 Å². The first-order valence-electron chi connectivity index (χ1n) is 7.30. The maximum absolute atomic E-state index is 12.3. The minimum Gasteiger partial charge on any atom is -0.454 e. The topological polar surface area (TPSA) is 44.8 Å². The third-order valence-corrected chi connectivity index (χ3v) is 3.56.